The van der Waals surface area contributed by atoms with Gasteiger partial charge in [0.1, 0.15) is 0 Å². The maximum atomic E-state index is 10.7. The van der Waals surface area contributed by atoms with Crippen molar-refractivity contribution in [1.29, 1.82) is 0 Å². The molecule has 1 aromatic carbocycles. The van der Waals surface area contributed by atoms with Crippen molar-refractivity contribution in [2.75, 3.05) is 18.1 Å². The number of hydrogen-bond acceptors (Lipinski definition) is 4. The second-order valence-electron chi connectivity index (χ2n) is 5.22. The van der Waals surface area contributed by atoms with Crippen LogP contribution in [-0.4, -0.2) is 22.5 Å². The molecule has 1 aliphatic carbocycles. The van der Waals surface area contributed by atoms with E-state index < -0.39 is 0 Å². The Hall–Kier alpha value is -0.750. The summed E-state index contributed by atoms with van der Waals surface area (Å²) in [6.45, 7) is 0.907. The lowest BCUT2D eigenvalue weighted by molar-refractivity contribution is -0.384. The van der Waals surface area contributed by atoms with Crippen molar-refractivity contribution in [2.45, 2.75) is 36.9 Å². The van der Waals surface area contributed by atoms with Crippen LogP contribution in [0.3, 0.4) is 0 Å². The van der Waals surface area contributed by atoms with Gasteiger partial charge in [0.2, 0.25) is 0 Å². The quantitative estimate of drug-likeness (QED) is 0.604. The van der Waals surface area contributed by atoms with E-state index in [9.17, 15) is 10.1 Å². The standard InChI is InChI=1S/C14H19BrN2O2S/c1-20-14(7-3-2-4-8-14)10-16-13-6-5-11(17(18)19)9-12(13)15/h5-6,9,16H,2-4,7-8,10H2,1H3. The Morgan fingerprint density at radius 1 is 1.40 bits per heavy atom. The third-order valence-corrected chi connectivity index (χ3v) is 6.04. The van der Waals surface area contributed by atoms with Crippen molar-refractivity contribution in [3.63, 3.8) is 0 Å². The molecule has 1 aliphatic rings. The fraction of sp³-hybridized carbons (Fsp3) is 0.571. The van der Waals surface area contributed by atoms with Crippen molar-refractivity contribution in [3.8, 4) is 0 Å². The highest BCUT2D eigenvalue weighted by Gasteiger charge is 2.31. The van der Waals surface area contributed by atoms with E-state index in [1.807, 2.05) is 11.8 Å². The number of hydrogen-bond donors (Lipinski definition) is 1. The highest BCUT2D eigenvalue weighted by Crippen LogP contribution is 2.39. The van der Waals surface area contributed by atoms with Crippen LogP contribution >= 0.6 is 27.7 Å². The van der Waals surface area contributed by atoms with Gasteiger partial charge >= 0.3 is 0 Å². The summed E-state index contributed by atoms with van der Waals surface area (Å²) in [5.74, 6) is 0. The van der Waals surface area contributed by atoms with Gasteiger partial charge in [-0.05, 0) is 41.1 Å². The molecule has 1 aromatic rings. The monoisotopic (exact) mass is 358 g/mol. The predicted octanol–water partition coefficient (Wildman–Crippen LogP) is 4.84. The number of nitro groups is 1. The van der Waals surface area contributed by atoms with Crippen LogP contribution in [0.2, 0.25) is 0 Å². The highest BCUT2D eigenvalue weighted by atomic mass is 79.9. The zero-order valence-electron chi connectivity index (χ0n) is 11.5. The molecule has 0 aromatic heterocycles. The number of benzene rings is 1. The topological polar surface area (TPSA) is 55.2 Å². The number of thioether (sulfide) groups is 1. The van der Waals surface area contributed by atoms with Gasteiger partial charge in [0.05, 0.1) is 4.92 Å². The summed E-state index contributed by atoms with van der Waals surface area (Å²) < 4.78 is 1.05. The summed E-state index contributed by atoms with van der Waals surface area (Å²) in [6.07, 6.45) is 8.59. The maximum Gasteiger partial charge on any atom is 0.270 e. The fourth-order valence-corrected chi connectivity index (χ4v) is 4.09. The van der Waals surface area contributed by atoms with Gasteiger partial charge in [0.25, 0.3) is 5.69 Å². The van der Waals surface area contributed by atoms with Crippen molar-refractivity contribution < 1.29 is 4.92 Å². The third kappa shape index (κ3) is 3.67. The van der Waals surface area contributed by atoms with E-state index in [1.54, 1.807) is 18.2 Å². The van der Waals surface area contributed by atoms with Gasteiger partial charge in [-0.1, -0.05) is 19.3 Å². The normalized spacial score (nSPS) is 17.7. The first-order valence-electron chi connectivity index (χ1n) is 6.79. The van der Waals surface area contributed by atoms with E-state index in [4.69, 9.17) is 0 Å². The van der Waals surface area contributed by atoms with Crippen molar-refractivity contribution in [2.24, 2.45) is 0 Å². The van der Waals surface area contributed by atoms with Crippen molar-refractivity contribution >= 4 is 39.1 Å². The van der Waals surface area contributed by atoms with Gasteiger partial charge in [0.15, 0.2) is 0 Å². The average Bonchev–Trinajstić information content (AvgIpc) is 2.47. The summed E-state index contributed by atoms with van der Waals surface area (Å²) in [6, 6.07) is 4.87. The van der Waals surface area contributed by atoms with Crippen LogP contribution in [0.25, 0.3) is 0 Å². The van der Waals surface area contributed by atoms with Gasteiger partial charge in [-0.25, -0.2) is 0 Å². The average molecular weight is 359 g/mol. The molecule has 0 unspecified atom stereocenters. The molecule has 0 radical (unpaired) electrons. The smallest absolute Gasteiger partial charge is 0.270 e. The summed E-state index contributed by atoms with van der Waals surface area (Å²) in [5, 5.41) is 14.2. The Balaban J connectivity index is 2.04. The zero-order valence-corrected chi connectivity index (χ0v) is 13.9. The molecule has 2 rings (SSSR count). The lowest BCUT2D eigenvalue weighted by Crippen LogP contribution is -2.35. The van der Waals surface area contributed by atoms with Crippen LogP contribution in [0, 0.1) is 10.1 Å². The van der Waals surface area contributed by atoms with E-state index in [0.717, 1.165) is 16.7 Å². The minimum absolute atomic E-state index is 0.111. The second kappa shape index (κ2) is 6.80. The number of nitrogens with zero attached hydrogens (tertiary/aromatic N) is 1. The molecule has 0 atom stereocenters. The second-order valence-corrected chi connectivity index (χ2v) is 7.35. The molecule has 1 N–H and O–H groups in total. The lowest BCUT2D eigenvalue weighted by Gasteiger charge is -2.36. The summed E-state index contributed by atoms with van der Waals surface area (Å²) in [4.78, 5) is 10.4. The molecule has 1 fully saturated rings. The minimum Gasteiger partial charge on any atom is -0.383 e. The van der Waals surface area contributed by atoms with Crippen LogP contribution in [-0.2, 0) is 0 Å². The molecule has 0 aliphatic heterocycles. The van der Waals surface area contributed by atoms with Gasteiger partial charge in [-0.15, -0.1) is 0 Å². The lowest BCUT2D eigenvalue weighted by atomic mass is 9.88. The number of non-ortho nitro benzene ring substituents is 1. The molecule has 6 heteroatoms. The van der Waals surface area contributed by atoms with Crippen molar-refractivity contribution in [1.82, 2.24) is 0 Å². The van der Waals surface area contributed by atoms with Crippen LogP contribution in [0.1, 0.15) is 32.1 Å². The highest BCUT2D eigenvalue weighted by molar-refractivity contribution is 9.10. The van der Waals surface area contributed by atoms with E-state index >= 15 is 0 Å². The van der Waals surface area contributed by atoms with E-state index in [-0.39, 0.29) is 10.6 Å². The molecule has 1 saturated carbocycles. The van der Waals surface area contributed by atoms with Gasteiger partial charge in [-0.2, -0.15) is 11.8 Å². The molecule has 0 spiro atoms. The molecule has 110 valence electrons. The number of nitro benzene ring substituents is 1. The van der Waals surface area contributed by atoms with Gasteiger partial charge in [-0.3, -0.25) is 10.1 Å². The number of halogens is 1. The Morgan fingerprint density at radius 3 is 2.65 bits per heavy atom. The maximum absolute atomic E-state index is 10.7. The minimum atomic E-state index is -0.376. The third-order valence-electron chi connectivity index (χ3n) is 3.96. The van der Waals surface area contributed by atoms with Crippen LogP contribution in [0.5, 0.6) is 0 Å². The zero-order chi connectivity index (χ0) is 14.6. The number of anilines is 1. The molecule has 0 heterocycles. The SMILES string of the molecule is CSC1(CNc2ccc([N+](=O)[O-])cc2Br)CCCCC1. The van der Waals surface area contributed by atoms with E-state index in [0.29, 0.717) is 4.75 Å². The Labute approximate surface area is 132 Å². The van der Waals surface area contributed by atoms with E-state index in [2.05, 4.69) is 27.5 Å². The summed E-state index contributed by atoms with van der Waals surface area (Å²) in [7, 11) is 0. The molecular weight excluding hydrogens is 340 g/mol. The first kappa shape index (κ1) is 15.6. The molecule has 4 nitrogen and oxygen atoms in total. The van der Waals surface area contributed by atoms with Gasteiger partial charge in [0, 0.05) is 33.6 Å². The molecule has 0 bridgehead atoms. The first-order chi connectivity index (χ1) is 9.56. The number of rotatable bonds is 5. The molecule has 0 saturated heterocycles. The summed E-state index contributed by atoms with van der Waals surface area (Å²) in [5.41, 5.74) is 1.04. The molecule has 20 heavy (non-hydrogen) atoms. The first-order valence-corrected chi connectivity index (χ1v) is 8.81. The van der Waals surface area contributed by atoms with E-state index in [1.165, 1.54) is 32.1 Å². The fourth-order valence-electron chi connectivity index (χ4n) is 2.67. The largest absolute Gasteiger partial charge is 0.383 e. The van der Waals surface area contributed by atoms with Crippen LogP contribution in [0.4, 0.5) is 11.4 Å². The van der Waals surface area contributed by atoms with Crippen molar-refractivity contribution in [3.05, 3.63) is 32.8 Å². The van der Waals surface area contributed by atoms with Gasteiger partial charge < -0.3 is 5.32 Å². The Morgan fingerprint density at radius 2 is 2.10 bits per heavy atom. The summed E-state index contributed by atoms with van der Waals surface area (Å²) >= 11 is 5.35. The number of nitrogens with one attached hydrogen (secondary N) is 1. The predicted molar refractivity (Wildman–Crippen MR) is 88.6 cm³/mol. The van der Waals surface area contributed by atoms with Crippen LogP contribution < -0.4 is 5.32 Å². The Bertz CT molecular complexity index is 490. The van der Waals surface area contributed by atoms with Crippen LogP contribution in [0.15, 0.2) is 22.7 Å². The Kier molecular flexibility index (Phi) is 5.32. The molecular formula is C14H19BrN2O2S. The molecule has 0 amide bonds.